The van der Waals surface area contributed by atoms with E-state index < -0.39 is 0 Å². The van der Waals surface area contributed by atoms with E-state index in [1.165, 1.54) is 12.1 Å². The summed E-state index contributed by atoms with van der Waals surface area (Å²) >= 11 is 5.96. The largest absolute Gasteiger partial charge is 0.354 e. The number of anilines is 2. The number of amides is 1. The predicted molar refractivity (Wildman–Crippen MR) is 118 cm³/mol. The average Bonchev–Trinajstić information content (AvgIpc) is 2.79. The van der Waals surface area contributed by atoms with E-state index in [1.54, 1.807) is 47.5 Å². The van der Waals surface area contributed by atoms with Gasteiger partial charge in [0, 0.05) is 48.6 Å². The molecule has 2 heterocycles. The van der Waals surface area contributed by atoms with Gasteiger partial charge < -0.3 is 15.1 Å². The van der Waals surface area contributed by atoms with E-state index in [-0.39, 0.29) is 11.7 Å². The fourth-order valence-corrected chi connectivity index (χ4v) is 3.55. The number of hydrogen-bond acceptors (Lipinski definition) is 4. The third-order valence-electron chi connectivity index (χ3n) is 5.07. The zero-order valence-electron chi connectivity index (χ0n) is 16.4. The molecule has 1 aliphatic rings. The first-order chi connectivity index (χ1) is 14.6. The van der Waals surface area contributed by atoms with Crippen molar-refractivity contribution in [3.63, 3.8) is 0 Å². The monoisotopic (exact) mass is 424 g/mol. The molecule has 0 aliphatic carbocycles. The lowest BCUT2D eigenvalue weighted by atomic mass is 10.1. The maximum absolute atomic E-state index is 13.4. The lowest BCUT2D eigenvalue weighted by molar-refractivity contribution is 0.0985. The van der Waals surface area contributed by atoms with Crippen LogP contribution >= 0.6 is 11.6 Å². The molecule has 1 fully saturated rings. The number of carbonyl (C=O) groups is 1. The summed E-state index contributed by atoms with van der Waals surface area (Å²) < 4.78 is 13.4. The Morgan fingerprint density at radius 2 is 1.73 bits per heavy atom. The first-order valence-electron chi connectivity index (χ1n) is 9.84. The molecule has 0 unspecified atom stereocenters. The number of carbonyl (C=O) groups excluding carboxylic acids is 1. The predicted octanol–water partition coefficient (Wildman–Crippen LogP) is 4.13. The van der Waals surface area contributed by atoms with Crippen molar-refractivity contribution in [2.24, 2.45) is 0 Å². The van der Waals surface area contributed by atoms with Crippen molar-refractivity contribution in [1.82, 2.24) is 10.3 Å². The molecule has 0 saturated carbocycles. The van der Waals surface area contributed by atoms with Gasteiger partial charge in [0.25, 0.3) is 5.91 Å². The summed E-state index contributed by atoms with van der Waals surface area (Å²) in [5.41, 5.74) is 2.01. The van der Waals surface area contributed by atoms with Crippen LogP contribution in [0, 0.1) is 5.82 Å². The molecular weight excluding hydrogens is 403 g/mol. The third-order valence-corrected chi connectivity index (χ3v) is 5.32. The Labute approximate surface area is 180 Å². The number of benzene rings is 2. The number of nitrogens with one attached hydrogen (secondary N) is 1. The highest BCUT2D eigenvalue weighted by molar-refractivity contribution is 6.30. The van der Waals surface area contributed by atoms with Crippen LogP contribution in [-0.4, -0.2) is 37.1 Å². The lowest BCUT2D eigenvalue weighted by Gasteiger charge is -2.28. The van der Waals surface area contributed by atoms with Gasteiger partial charge in [-0.3, -0.25) is 4.79 Å². The first kappa shape index (κ1) is 20.3. The number of rotatable bonds is 5. The van der Waals surface area contributed by atoms with Crippen molar-refractivity contribution in [2.45, 2.75) is 6.54 Å². The lowest BCUT2D eigenvalue weighted by Crippen LogP contribution is -2.43. The maximum Gasteiger partial charge on any atom is 0.258 e. The van der Waals surface area contributed by atoms with Crippen molar-refractivity contribution in [1.29, 1.82) is 0 Å². The molecule has 30 heavy (non-hydrogen) atoms. The minimum atomic E-state index is -0.348. The summed E-state index contributed by atoms with van der Waals surface area (Å²) in [6.07, 6.45) is 1.79. The van der Waals surface area contributed by atoms with Crippen LogP contribution in [0.1, 0.15) is 15.9 Å². The Morgan fingerprint density at radius 1 is 1.03 bits per heavy atom. The molecule has 0 radical (unpaired) electrons. The van der Waals surface area contributed by atoms with Crippen molar-refractivity contribution in [2.75, 3.05) is 36.0 Å². The molecule has 2 aromatic carbocycles. The highest BCUT2D eigenvalue weighted by Crippen LogP contribution is 2.22. The second kappa shape index (κ2) is 9.24. The second-order valence-electron chi connectivity index (χ2n) is 7.14. The van der Waals surface area contributed by atoms with Crippen molar-refractivity contribution in [3.8, 4) is 0 Å². The summed E-state index contributed by atoms with van der Waals surface area (Å²) in [5.74, 6) is 0.391. The van der Waals surface area contributed by atoms with Gasteiger partial charge >= 0.3 is 0 Å². The summed E-state index contributed by atoms with van der Waals surface area (Å²) in [5, 5.41) is 3.89. The van der Waals surface area contributed by atoms with E-state index in [0.29, 0.717) is 22.8 Å². The van der Waals surface area contributed by atoms with E-state index >= 15 is 0 Å². The topological polar surface area (TPSA) is 48.5 Å². The van der Waals surface area contributed by atoms with Gasteiger partial charge in [0.2, 0.25) is 0 Å². The van der Waals surface area contributed by atoms with Crippen LogP contribution in [0.2, 0.25) is 5.02 Å². The molecular formula is C23H22ClFN4O. The van der Waals surface area contributed by atoms with Crippen molar-refractivity contribution >= 4 is 29.0 Å². The fraction of sp³-hybridized carbons (Fsp3) is 0.217. The van der Waals surface area contributed by atoms with Gasteiger partial charge in [-0.25, -0.2) is 9.37 Å². The van der Waals surface area contributed by atoms with Crippen LogP contribution in [0.5, 0.6) is 0 Å². The SMILES string of the molecule is O=C(c1ccc(Cl)cc1)N(Cc1ccc(N2CCNCC2)nc1)c1ccc(F)cc1. The zero-order valence-corrected chi connectivity index (χ0v) is 17.1. The normalized spacial score (nSPS) is 13.9. The first-order valence-corrected chi connectivity index (χ1v) is 10.2. The van der Waals surface area contributed by atoms with E-state index in [0.717, 1.165) is 37.6 Å². The molecule has 1 N–H and O–H groups in total. The summed E-state index contributed by atoms with van der Waals surface area (Å²) in [6, 6.07) is 16.6. The van der Waals surface area contributed by atoms with Crippen LogP contribution in [0.3, 0.4) is 0 Å². The quantitative estimate of drug-likeness (QED) is 0.669. The van der Waals surface area contributed by atoms with Crippen LogP contribution in [-0.2, 0) is 6.54 Å². The molecule has 7 heteroatoms. The highest BCUT2D eigenvalue weighted by Gasteiger charge is 2.19. The van der Waals surface area contributed by atoms with Gasteiger partial charge in [-0.2, -0.15) is 0 Å². The Kier molecular flexibility index (Phi) is 6.26. The minimum absolute atomic E-state index is 0.190. The van der Waals surface area contributed by atoms with E-state index in [2.05, 4.69) is 15.2 Å². The van der Waals surface area contributed by atoms with E-state index in [4.69, 9.17) is 11.6 Å². The molecule has 0 spiro atoms. The third kappa shape index (κ3) is 4.78. The molecule has 154 valence electrons. The smallest absolute Gasteiger partial charge is 0.258 e. The molecule has 0 atom stereocenters. The van der Waals surface area contributed by atoms with Gasteiger partial charge in [-0.05, 0) is 60.2 Å². The Hall–Kier alpha value is -2.96. The van der Waals surface area contributed by atoms with Gasteiger partial charge in [0.1, 0.15) is 11.6 Å². The van der Waals surface area contributed by atoms with Crippen molar-refractivity contribution in [3.05, 3.63) is 88.8 Å². The number of piperazine rings is 1. The number of halogens is 2. The van der Waals surface area contributed by atoms with Gasteiger partial charge in [0.05, 0.1) is 6.54 Å². The molecule has 4 rings (SSSR count). The zero-order chi connectivity index (χ0) is 20.9. The molecule has 1 amide bonds. The maximum atomic E-state index is 13.4. The molecule has 5 nitrogen and oxygen atoms in total. The standard InChI is InChI=1S/C23H22ClFN4O/c24-19-4-2-18(3-5-19)23(30)29(21-8-6-20(25)7-9-21)16-17-1-10-22(27-15-17)28-13-11-26-12-14-28/h1-10,15,26H,11-14,16H2. The summed E-state index contributed by atoms with van der Waals surface area (Å²) in [7, 11) is 0. The summed E-state index contributed by atoms with van der Waals surface area (Å²) in [4.78, 5) is 21.7. The minimum Gasteiger partial charge on any atom is -0.354 e. The molecule has 3 aromatic rings. The van der Waals surface area contributed by atoms with Gasteiger partial charge in [-0.15, -0.1) is 0 Å². The second-order valence-corrected chi connectivity index (χ2v) is 7.57. The van der Waals surface area contributed by atoms with E-state index in [1.807, 2.05) is 12.1 Å². The molecule has 1 aliphatic heterocycles. The Bertz CT molecular complexity index is 987. The molecule has 0 bridgehead atoms. The summed E-state index contributed by atoms with van der Waals surface area (Å²) in [6.45, 7) is 4.04. The van der Waals surface area contributed by atoms with Gasteiger partial charge in [0.15, 0.2) is 0 Å². The van der Waals surface area contributed by atoms with Crippen molar-refractivity contribution < 1.29 is 9.18 Å². The van der Waals surface area contributed by atoms with Crippen LogP contribution in [0.4, 0.5) is 15.9 Å². The van der Waals surface area contributed by atoms with E-state index in [9.17, 15) is 9.18 Å². The molecule has 1 saturated heterocycles. The number of nitrogens with zero attached hydrogens (tertiary/aromatic N) is 3. The number of aromatic nitrogens is 1. The number of hydrogen-bond donors (Lipinski definition) is 1. The van der Waals surface area contributed by atoms with Crippen LogP contribution < -0.4 is 15.1 Å². The highest BCUT2D eigenvalue weighted by atomic mass is 35.5. The Balaban J connectivity index is 1.58. The average molecular weight is 425 g/mol. The van der Waals surface area contributed by atoms with Gasteiger partial charge in [-0.1, -0.05) is 17.7 Å². The molecule has 1 aromatic heterocycles. The fourth-order valence-electron chi connectivity index (χ4n) is 3.42. The van der Waals surface area contributed by atoms with Crippen LogP contribution in [0.25, 0.3) is 0 Å². The van der Waals surface area contributed by atoms with Crippen LogP contribution in [0.15, 0.2) is 66.9 Å². The Morgan fingerprint density at radius 3 is 2.37 bits per heavy atom. The number of pyridine rings is 1.